The zero-order valence-corrected chi connectivity index (χ0v) is 17.3. The molecule has 1 radical (unpaired) electrons. The first-order chi connectivity index (χ1) is 12.3. The van der Waals surface area contributed by atoms with Gasteiger partial charge in [-0.2, -0.15) is 11.7 Å². The summed E-state index contributed by atoms with van der Waals surface area (Å²) in [4.78, 5) is 0. The van der Waals surface area contributed by atoms with Crippen LogP contribution in [0, 0.1) is 7.11 Å². The van der Waals surface area contributed by atoms with E-state index in [1.165, 1.54) is 11.1 Å². The van der Waals surface area contributed by atoms with Crippen LogP contribution in [0.5, 0.6) is 23.0 Å². The van der Waals surface area contributed by atoms with Crippen molar-refractivity contribution in [3.05, 3.63) is 49.2 Å². The molecule has 0 amide bonds. The fourth-order valence-electron chi connectivity index (χ4n) is 3.71. The van der Waals surface area contributed by atoms with E-state index in [0.29, 0.717) is 18.3 Å². The van der Waals surface area contributed by atoms with Crippen LogP contribution in [-0.2, 0) is 45.7 Å². The first-order valence-corrected chi connectivity index (χ1v) is 8.17. The quantitative estimate of drug-likeness (QED) is 0.468. The summed E-state index contributed by atoms with van der Waals surface area (Å²) in [7, 11) is 5.22. The molecular formula is C20H17NO4Y. The van der Waals surface area contributed by atoms with Crippen molar-refractivity contribution < 1.29 is 56.2 Å². The Kier molecular flexibility index (Phi) is 4.53. The Labute approximate surface area is 176 Å². The molecule has 26 heavy (non-hydrogen) atoms. The zero-order chi connectivity index (χ0) is 17.0. The molecule has 3 aromatic rings. The van der Waals surface area contributed by atoms with E-state index in [4.69, 9.17) is 18.9 Å². The summed E-state index contributed by atoms with van der Waals surface area (Å²) < 4.78 is 24.1. The molecule has 129 valence electrons. The van der Waals surface area contributed by atoms with Crippen molar-refractivity contribution in [2.75, 3.05) is 13.9 Å². The third kappa shape index (κ3) is 2.57. The van der Waals surface area contributed by atoms with Crippen LogP contribution in [-0.4, -0.2) is 13.9 Å². The molecule has 0 unspecified atom stereocenters. The number of nitrogens with zero attached hydrogens (tertiary/aromatic N) is 1. The smallest absolute Gasteiger partial charge is 0.231 e. The van der Waals surface area contributed by atoms with E-state index in [2.05, 4.69) is 36.1 Å². The van der Waals surface area contributed by atoms with Gasteiger partial charge in [0.15, 0.2) is 30.0 Å². The summed E-state index contributed by atoms with van der Waals surface area (Å²) in [6, 6.07) is 10.3. The monoisotopic (exact) mass is 424 g/mol. The SMILES string of the molecule is [CH2-]Oc1c(OC)ccc2cc3[n+](cc12)CCc1cc2c(cc1-3)OCO2.[Y]. The number of hydrogen-bond acceptors (Lipinski definition) is 4. The molecule has 0 saturated heterocycles. The maximum atomic E-state index is 5.56. The van der Waals surface area contributed by atoms with Crippen LogP contribution in [0.25, 0.3) is 22.0 Å². The molecule has 0 spiro atoms. The van der Waals surface area contributed by atoms with Crippen LogP contribution in [0.2, 0.25) is 0 Å². The van der Waals surface area contributed by atoms with E-state index in [0.717, 1.165) is 40.9 Å². The molecule has 3 heterocycles. The molecule has 0 saturated carbocycles. The number of aromatic nitrogens is 1. The predicted octanol–water partition coefficient (Wildman–Crippen LogP) is 3.26. The van der Waals surface area contributed by atoms with Crippen LogP contribution in [0.3, 0.4) is 0 Å². The molecule has 2 aliphatic rings. The zero-order valence-electron chi connectivity index (χ0n) is 14.5. The van der Waals surface area contributed by atoms with E-state index < -0.39 is 0 Å². The molecular weight excluding hydrogens is 407 g/mol. The molecule has 2 aliphatic heterocycles. The minimum absolute atomic E-state index is 0. The van der Waals surface area contributed by atoms with Crippen molar-refractivity contribution in [1.29, 1.82) is 0 Å². The average Bonchev–Trinajstić information content (AvgIpc) is 3.11. The maximum absolute atomic E-state index is 5.56. The first kappa shape index (κ1) is 17.6. The van der Waals surface area contributed by atoms with E-state index in [1.807, 2.05) is 12.1 Å². The Bertz CT molecular complexity index is 1020. The largest absolute Gasteiger partial charge is 0.662 e. The van der Waals surface area contributed by atoms with E-state index in [-0.39, 0.29) is 32.7 Å². The summed E-state index contributed by atoms with van der Waals surface area (Å²) >= 11 is 0. The number of aryl methyl sites for hydroxylation is 2. The van der Waals surface area contributed by atoms with Crippen molar-refractivity contribution in [2.45, 2.75) is 13.0 Å². The van der Waals surface area contributed by atoms with Gasteiger partial charge in [-0.25, -0.2) is 0 Å². The number of fused-ring (bicyclic) bond motifs is 5. The number of methoxy groups -OCH3 is 1. The Morgan fingerprint density at radius 2 is 1.92 bits per heavy atom. The summed E-state index contributed by atoms with van der Waals surface area (Å²) in [5.41, 5.74) is 3.63. The van der Waals surface area contributed by atoms with E-state index in [1.54, 1.807) is 7.11 Å². The van der Waals surface area contributed by atoms with Gasteiger partial charge >= 0.3 is 0 Å². The van der Waals surface area contributed by atoms with Crippen molar-refractivity contribution in [3.8, 4) is 34.3 Å². The third-order valence-electron chi connectivity index (χ3n) is 4.94. The standard InChI is InChI=1S/C20H17NO4.Y/c1-22-17-4-3-12-7-16-14-9-19-18(24-11-25-19)8-13(14)5-6-21(16)10-15(12)20(17)23-2;/h3-4,7-10H,2,5-6,11H2,1H3;. The topological polar surface area (TPSA) is 40.8 Å². The summed E-state index contributed by atoms with van der Waals surface area (Å²) in [6.07, 6.45) is 3.06. The van der Waals surface area contributed by atoms with E-state index in [9.17, 15) is 0 Å². The molecule has 6 heteroatoms. The second-order valence-corrected chi connectivity index (χ2v) is 6.21. The van der Waals surface area contributed by atoms with Gasteiger partial charge in [-0.1, -0.05) is 0 Å². The number of benzene rings is 2. The minimum Gasteiger partial charge on any atom is -0.662 e. The molecule has 0 N–H and O–H groups in total. The molecule has 0 aliphatic carbocycles. The Hall–Kier alpha value is -1.85. The van der Waals surface area contributed by atoms with Crippen molar-refractivity contribution >= 4 is 10.8 Å². The normalized spacial score (nSPS) is 13.6. The second-order valence-electron chi connectivity index (χ2n) is 6.21. The Balaban J connectivity index is 0.00000168. The van der Waals surface area contributed by atoms with Gasteiger partial charge in [0.2, 0.25) is 12.5 Å². The Morgan fingerprint density at radius 1 is 1.12 bits per heavy atom. The van der Waals surface area contributed by atoms with Gasteiger partial charge in [-0.15, -0.1) is 0 Å². The van der Waals surface area contributed by atoms with Crippen molar-refractivity contribution in [2.24, 2.45) is 0 Å². The number of ether oxygens (including phenoxy) is 4. The summed E-state index contributed by atoms with van der Waals surface area (Å²) in [5.74, 6) is 2.99. The van der Waals surface area contributed by atoms with Gasteiger partial charge in [0, 0.05) is 45.2 Å². The van der Waals surface area contributed by atoms with Crippen LogP contribution in [0.4, 0.5) is 0 Å². The molecule has 0 fully saturated rings. The molecule has 2 aromatic carbocycles. The van der Waals surface area contributed by atoms with Crippen LogP contribution in [0.15, 0.2) is 36.5 Å². The number of rotatable bonds is 2. The average molecular weight is 424 g/mol. The summed E-state index contributed by atoms with van der Waals surface area (Å²) in [6.45, 7) is 1.19. The molecule has 5 nitrogen and oxygen atoms in total. The van der Waals surface area contributed by atoms with Crippen LogP contribution < -0.4 is 23.5 Å². The summed E-state index contributed by atoms with van der Waals surface area (Å²) in [5, 5.41) is 2.07. The van der Waals surface area contributed by atoms with Gasteiger partial charge < -0.3 is 18.9 Å². The molecule has 0 atom stereocenters. The predicted molar refractivity (Wildman–Crippen MR) is 91.9 cm³/mol. The van der Waals surface area contributed by atoms with Gasteiger partial charge in [0.25, 0.3) is 0 Å². The first-order valence-electron chi connectivity index (χ1n) is 8.17. The van der Waals surface area contributed by atoms with Crippen LogP contribution >= 0.6 is 0 Å². The second kappa shape index (κ2) is 6.71. The molecule has 5 rings (SSSR count). The molecule has 0 bridgehead atoms. The van der Waals surface area contributed by atoms with Gasteiger partial charge in [0.1, 0.15) is 5.75 Å². The maximum Gasteiger partial charge on any atom is 0.231 e. The fraction of sp³-hybridized carbons (Fsp3) is 0.200. The molecule has 1 aromatic heterocycles. The van der Waals surface area contributed by atoms with Gasteiger partial charge in [-0.3, -0.25) is 0 Å². The van der Waals surface area contributed by atoms with Crippen LogP contribution in [0.1, 0.15) is 5.56 Å². The minimum atomic E-state index is 0. The van der Waals surface area contributed by atoms with Crippen molar-refractivity contribution in [3.63, 3.8) is 0 Å². The van der Waals surface area contributed by atoms with E-state index >= 15 is 0 Å². The number of hydrogen-bond donors (Lipinski definition) is 0. The third-order valence-corrected chi connectivity index (χ3v) is 4.94. The van der Waals surface area contributed by atoms with Gasteiger partial charge in [-0.05, 0) is 35.2 Å². The van der Waals surface area contributed by atoms with Crippen molar-refractivity contribution in [1.82, 2.24) is 0 Å². The number of pyridine rings is 1. The Morgan fingerprint density at radius 3 is 2.69 bits per heavy atom. The van der Waals surface area contributed by atoms with Gasteiger partial charge in [0.05, 0.1) is 18.1 Å². The fourth-order valence-corrected chi connectivity index (χ4v) is 3.71.